The molecule has 3 heteroatoms. The van der Waals surface area contributed by atoms with Gasteiger partial charge in [0.25, 0.3) is 0 Å². The Balaban J connectivity index is 1.85. The molecule has 12 heavy (non-hydrogen) atoms. The molecule has 1 saturated carbocycles. The van der Waals surface area contributed by atoms with E-state index < -0.39 is 0 Å². The molecule has 1 aliphatic heterocycles. The summed E-state index contributed by atoms with van der Waals surface area (Å²) in [6.07, 6.45) is 1.65. The normalized spacial score (nSPS) is 23.5. The summed E-state index contributed by atoms with van der Waals surface area (Å²) in [5.41, 5.74) is 1.15. The molecule has 0 aromatic heterocycles. The van der Waals surface area contributed by atoms with Crippen molar-refractivity contribution in [3.63, 3.8) is 0 Å². The summed E-state index contributed by atoms with van der Waals surface area (Å²) in [5, 5.41) is 0. The molecule has 0 radical (unpaired) electrons. The average molecular weight is 165 g/mol. The number of amides is 1. The maximum absolute atomic E-state index is 11.4. The van der Waals surface area contributed by atoms with Crippen LogP contribution in [-0.2, 0) is 9.59 Å². The number of allylic oxidation sites excluding steroid dienone is 1. The minimum absolute atomic E-state index is 0.130. The second-order valence-corrected chi connectivity index (χ2v) is 3.59. The number of carbonyl (C=O) groups excluding carboxylic acids is 2. The number of ketones is 1. The van der Waals surface area contributed by atoms with E-state index in [2.05, 4.69) is 6.58 Å². The van der Waals surface area contributed by atoms with Gasteiger partial charge in [0.15, 0.2) is 5.78 Å². The lowest BCUT2D eigenvalue weighted by atomic mass is 9.80. The first-order chi connectivity index (χ1) is 5.66. The first-order valence-corrected chi connectivity index (χ1v) is 4.14. The van der Waals surface area contributed by atoms with Crippen LogP contribution >= 0.6 is 0 Å². The van der Waals surface area contributed by atoms with Crippen LogP contribution in [0.5, 0.6) is 0 Å². The lowest BCUT2D eigenvalue weighted by Gasteiger charge is -2.36. The molecule has 0 unspecified atom stereocenters. The highest BCUT2D eigenvalue weighted by molar-refractivity contribution is 5.97. The number of nitrogens with zero attached hydrogens (tertiary/aromatic N) is 1. The Hall–Kier alpha value is -1.12. The van der Waals surface area contributed by atoms with Gasteiger partial charge in [0.1, 0.15) is 0 Å². The Labute approximate surface area is 71.0 Å². The molecule has 0 bridgehead atoms. The molecule has 2 aliphatic rings. The van der Waals surface area contributed by atoms with Crippen molar-refractivity contribution in [2.45, 2.75) is 12.8 Å². The third kappa shape index (κ3) is 1.05. The molecule has 0 aromatic carbocycles. The lowest BCUT2D eigenvalue weighted by Crippen LogP contribution is -2.53. The number of rotatable bonds is 1. The van der Waals surface area contributed by atoms with Crippen molar-refractivity contribution in [3.05, 3.63) is 12.2 Å². The zero-order chi connectivity index (χ0) is 8.72. The van der Waals surface area contributed by atoms with Crippen molar-refractivity contribution in [1.29, 1.82) is 0 Å². The van der Waals surface area contributed by atoms with E-state index in [1.54, 1.807) is 4.90 Å². The van der Waals surface area contributed by atoms with Gasteiger partial charge >= 0.3 is 0 Å². The third-order valence-corrected chi connectivity index (χ3v) is 2.47. The summed E-state index contributed by atoms with van der Waals surface area (Å²) in [7, 11) is 0. The summed E-state index contributed by atoms with van der Waals surface area (Å²) < 4.78 is 0. The van der Waals surface area contributed by atoms with E-state index in [0.29, 0.717) is 13.1 Å². The number of carbonyl (C=O) groups is 2. The molecule has 1 heterocycles. The summed E-state index contributed by atoms with van der Waals surface area (Å²) in [6.45, 7) is 4.44. The van der Waals surface area contributed by atoms with Crippen molar-refractivity contribution in [1.82, 2.24) is 4.90 Å². The Kier molecular flexibility index (Phi) is 1.53. The molecule has 1 aliphatic carbocycles. The van der Waals surface area contributed by atoms with E-state index in [0.717, 1.165) is 18.4 Å². The van der Waals surface area contributed by atoms with Crippen LogP contribution < -0.4 is 0 Å². The SMILES string of the molecule is C=C1CC(C(=O)N2CC(=O)C2)C1. The molecule has 64 valence electrons. The van der Waals surface area contributed by atoms with Crippen molar-refractivity contribution in [2.75, 3.05) is 13.1 Å². The van der Waals surface area contributed by atoms with E-state index in [1.165, 1.54) is 0 Å². The zero-order valence-electron chi connectivity index (χ0n) is 6.88. The van der Waals surface area contributed by atoms with Crippen molar-refractivity contribution in [2.24, 2.45) is 5.92 Å². The van der Waals surface area contributed by atoms with Crippen LogP contribution in [0.15, 0.2) is 12.2 Å². The summed E-state index contributed by atoms with van der Waals surface area (Å²) in [5.74, 6) is 0.439. The maximum atomic E-state index is 11.4. The molecule has 3 nitrogen and oxygen atoms in total. The highest BCUT2D eigenvalue weighted by Gasteiger charge is 2.36. The van der Waals surface area contributed by atoms with Gasteiger partial charge in [-0.3, -0.25) is 9.59 Å². The van der Waals surface area contributed by atoms with Gasteiger partial charge in [0.05, 0.1) is 13.1 Å². The lowest BCUT2D eigenvalue weighted by molar-refractivity contribution is -0.148. The Morgan fingerprint density at radius 1 is 1.42 bits per heavy atom. The van der Waals surface area contributed by atoms with Crippen molar-refractivity contribution in [3.8, 4) is 0 Å². The summed E-state index contributed by atoms with van der Waals surface area (Å²) in [4.78, 5) is 23.7. The minimum atomic E-state index is 0.130. The Bertz CT molecular complexity index is 228. The van der Waals surface area contributed by atoms with E-state index in [1.807, 2.05) is 0 Å². The number of Topliss-reactive ketones (excluding diaryl/α,β-unsaturated/α-hetero) is 1. The molecular weight excluding hydrogens is 154 g/mol. The fraction of sp³-hybridized carbons (Fsp3) is 0.556. The van der Waals surface area contributed by atoms with Crippen molar-refractivity contribution >= 4 is 11.7 Å². The highest BCUT2D eigenvalue weighted by Crippen LogP contribution is 2.33. The smallest absolute Gasteiger partial charge is 0.227 e. The van der Waals surface area contributed by atoms with E-state index in [4.69, 9.17) is 0 Å². The van der Waals surface area contributed by atoms with Gasteiger partial charge in [-0.05, 0) is 12.8 Å². The molecule has 0 N–H and O–H groups in total. The van der Waals surface area contributed by atoms with E-state index in [-0.39, 0.29) is 17.6 Å². The first-order valence-electron chi connectivity index (χ1n) is 4.14. The average Bonchev–Trinajstić information content (AvgIpc) is 1.91. The Morgan fingerprint density at radius 3 is 2.42 bits per heavy atom. The molecular formula is C9H11NO2. The number of hydrogen-bond acceptors (Lipinski definition) is 2. The molecule has 0 spiro atoms. The van der Waals surface area contributed by atoms with Gasteiger partial charge in [-0.2, -0.15) is 0 Å². The molecule has 0 aromatic rings. The molecule has 1 saturated heterocycles. The molecule has 0 atom stereocenters. The Morgan fingerprint density at radius 2 is 2.00 bits per heavy atom. The van der Waals surface area contributed by atoms with Crippen LogP contribution in [0.4, 0.5) is 0 Å². The standard InChI is InChI=1S/C9H11NO2/c1-6-2-7(3-6)9(12)10-4-8(11)5-10/h7H,1-5H2. The number of likely N-dealkylation sites (tertiary alicyclic amines) is 1. The quantitative estimate of drug-likeness (QED) is 0.526. The van der Waals surface area contributed by atoms with Crippen LogP contribution in [0, 0.1) is 5.92 Å². The van der Waals surface area contributed by atoms with Crippen molar-refractivity contribution < 1.29 is 9.59 Å². The largest absolute Gasteiger partial charge is 0.328 e. The second kappa shape index (κ2) is 2.44. The molecule has 1 amide bonds. The monoisotopic (exact) mass is 165 g/mol. The number of hydrogen-bond donors (Lipinski definition) is 0. The predicted octanol–water partition coefficient (Wildman–Crippen LogP) is 0.364. The fourth-order valence-corrected chi connectivity index (χ4v) is 1.61. The van der Waals surface area contributed by atoms with Crippen LogP contribution in [0.2, 0.25) is 0 Å². The van der Waals surface area contributed by atoms with Gasteiger partial charge in [0.2, 0.25) is 5.91 Å². The highest BCUT2D eigenvalue weighted by atomic mass is 16.2. The van der Waals surface area contributed by atoms with Gasteiger partial charge in [-0.25, -0.2) is 0 Å². The first kappa shape index (κ1) is 7.53. The van der Waals surface area contributed by atoms with Gasteiger partial charge < -0.3 is 4.90 Å². The fourth-order valence-electron chi connectivity index (χ4n) is 1.61. The van der Waals surface area contributed by atoms with Gasteiger partial charge in [-0.15, -0.1) is 0 Å². The zero-order valence-corrected chi connectivity index (χ0v) is 6.88. The van der Waals surface area contributed by atoms with E-state index in [9.17, 15) is 9.59 Å². The minimum Gasteiger partial charge on any atom is -0.328 e. The summed E-state index contributed by atoms with van der Waals surface area (Å²) in [6, 6.07) is 0. The van der Waals surface area contributed by atoms with Crippen LogP contribution in [0.1, 0.15) is 12.8 Å². The van der Waals surface area contributed by atoms with Crippen LogP contribution in [0.3, 0.4) is 0 Å². The second-order valence-electron chi connectivity index (χ2n) is 3.59. The van der Waals surface area contributed by atoms with Gasteiger partial charge in [0, 0.05) is 5.92 Å². The topological polar surface area (TPSA) is 37.4 Å². The van der Waals surface area contributed by atoms with E-state index >= 15 is 0 Å². The summed E-state index contributed by atoms with van der Waals surface area (Å²) >= 11 is 0. The maximum Gasteiger partial charge on any atom is 0.227 e. The molecule has 2 rings (SSSR count). The van der Waals surface area contributed by atoms with Crippen LogP contribution in [0.25, 0.3) is 0 Å². The third-order valence-electron chi connectivity index (χ3n) is 2.47. The molecule has 2 fully saturated rings. The van der Waals surface area contributed by atoms with Crippen LogP contribution in [-0.4, -0.2) is 29.7 Å². The predicted molar refractivity (Wildman–Crippen MR) is 43.5 cm³/mol. The van der Waals surface area contributed by atoms with Gasteiger partial charge in [-0.1, -0.05) is 12.2 Å².